The van der Waals surface area contributed by atoms with Crippen molar-refractivity contribution in [3.05, 3.63) is 113 Å². The van der Waals surface area contributed by atoms with Crippen LogP contribution in [0.25, 0.3) is 16.8 Å². The van der Waals surface area contributed by atoms with E-state index in [1.807, 2.05) is 24.3 Å². The summed E-state index contributed by atoms with van der Waals surface area (Å²) in [6.45, 7) is 6.52. The van der Waals surface area contributed by atoms with Gasteiger partial charge in [0.15, 0.2) is 0 Å². The van der Waals surface area contributed by atoms with E-state index < -0.39 is 0 Å². The fourth-order valence-corrected chi connectivity index (χ4v) is 4.10. The largest absolute Gasteiger partial charge is 0.223 e. The second-order valence-electron chi connectivity index (χ2n) is 7.86. The second kappa shape index (κ2) is 8.81. The summed E-state index contributed by atoms with van der Waals surface area (Å²) in [5.41, 5.74) is 7.50. The van der Waals surface area contributed by atoms with Gasteiger partial charge in [0.05, 0.1) is 11.4 Å². The number of benzene rings is 2. The first-order chi connectivity index (χ1) is 14.5. The molecule has 2 aromatic carbocycles. The Balaban J connectivity index is 1.91. The average molecular weight is 413 g/mol. The smallest absolute Gasteiger partial charge is 0.218 e. The summed E-state index contributed by atoms with van der Waals surface area (Å²) < 4.78 is 0. The number of rotatable bonds is 4. The minimum absolute atomic E-state index is 0.169. The number of nitrogens with zero attached hydrogens (tertiary/aromatic N) is 2. The highest BCUT2D eigenvalue weighted by molar-refractivity contribution is 6.28. The molecule has 0 radical (unpaired) electrons. The van der Waals surface area contributed by atoms with E-state index >= 15 is 0 Å². The molecule has 0 fully saturated rings. The summed E-state index contributed by atoms with van der Waals surface area (Å²) in [4.78, 5) is 9.26. The van der Waals surface area contributed by atoms with Gasteiger partial charge in [0.25, 0.3) is 0 Å². The van der Waals surface area contributed by atoms with Gasteiger partial charge in [0.2, 0.25) is 5.28 Å². The number of halogens is 1. The first-order valence-corrected chi connectivity index (χ1v) is 10.7. The zero-order chi connectivity index (χ0) is 21.1. The standard InChI is InChI=1S/C27H25ClN2/c1-18(2)23-16-10-15-22(20-11-6-4-7-12-20)17-24(23)26-19(3)25(29-27(28)30-26)21-13-8-5-9-14-21/h4-18,22H,1-3H3. The average Bonchev–Trinajstić information content (AvgIpc) is 2.99. The van der Waals surface area contributed by atoms with Gasteiger partial charge < -0.3 is 0 Å². The summed E-state index contributed by atoms with van der Waals surface area (Å²) in [5.74, 6) is 0.519. The Kier molecular flexibility index (Phi) is 5.96. The molecule has 0 aliphatic heterocycles. The third-order valence-corrected chi connectivity index (χ3v) is 5.65. The highest BCUT2D eigenvalue weighted by Gasteiger charge is 2.22. The van der Waals surface area contributed by atoms with Crippen molar-refractivity contribution < 1.29 is 0 Å². The van der Waals surface area contributed by atoms with E-state index in [4.69, 9.17) is 16.6 Å². The van der Waals surface area contributed by atoms with Gasteiger partial charge in [-0.1, -0.05) is 98.8 Å². The first-order valence-electron chi connectivity index (χ1n) is 10.3. The Hall–Kier alpha value is -2.97. The van der Waals surface area contributed by atoms with Crippen LogP contribution in [0.5, 0.6) is 0 Å². The molecule has 0 saturated carbocycles. The zero-order valence-electron chi connectivity index (χ0n) is 17.5. The van der Waals surface area contributed by atoms with Crippen molar-refractivity contribution in [2.75, 3.05) is 0 Å². The number of hydrogen-bond donors (Lipinski definition) is 0. The molecule has 150 valence electrons. The van der Waals surface area contributed by atoms with Crippen molar-refractivity contribution in [3.8, 4) is 11.3 Å². The van der Waals surface area contributed by atoms with E-state index in [-0.39, 0.29) is 11.2 Å². The van der Waals surface area contributed by atoms with Crippen LogP contribution in [0.2, 0.25) is 5.28 Å². The van der Waals surface area contributed by atoms with Crippen LogP contribution >= 0.6 is 11.6 Å². The molecule has 30 heavy (non-hydrogen) atoms. The number of aromatic nitrogens is 2. The van der Waals surface area contributed by atoms with E-state index in [1.165, 1.54) is 11.1 Å². The fraction of sp³-hybridized carbons (Fsp3) is 0.185. The highest BCUT2D eigenvalue weighted by Crippen LogP contribution is 2.37. The molecule has 1 unspecified atom stereocenters. The summed E-state index contributed by atoms with van der Waals surface area (Å²) >= 11 is 6.43. The molecule has 0 N–H and O–H groups in total. The van der Waals surface area contributed by atoms with Gasteiger partial charge in [-0.2, -0.15) is 0 Å². The van der Waals surface area contributed by atoms with E-state index in [1.54, 1.807) is 0 Å². The van der Waals surface area contributed by atoms with Gasteiger partial charge >= 0.3 is 0 Å². The molecular weight excluding hydrogens is 388 g/mol. The molecule has 1 atom stereocenters. The molecule has 0 amide bonds. The molecule has 1 aromatic heterocycles. The van der Waals surface area contributed by atoms with Crippen LogP contribution in [0.1, 0.15) is 36.6 Å². The van der Waals surface area contributed by atoms with Crippen molar-refractivity contribution in [1.82, 2.24) is 9.97 Å². The lowest BCUT2D eigenvalue weighted by atomic mass is 9.87. The van der Waals surface area contributed by atoms with E-state index in [9.17, 15) is 0 Å². The Morgan fingerprint density at radius 1 is 0.867 bits per heavy atom. The lowest BCUT2D eigenvalue weighted by Crippen LogP contribution is -2.06. The van der Waals surface area contributed by atoms with Gasteiger partial charge in [-0.05, 0) is 35.6 Å². The number of hydrogen-bond acceptors (Lipinski definition) is 2. The van der Waals surface area contributed by atoms with E-state index in [0.717, 1.165) is 28.1 Å². The molecule has 1 aliphatic rings. The maximum Gasteiger partial charge on any atom is 0.223 e. The molecule has 0 bridgehead atoms. The van der Waals surface area contributed by atoms with Crippen LogP contribution < -0.4 is 0 Å². The Morgan fingerprint density at radius 3 is 2.17 bits per heavy atom. The van der Waals surface area contributed by atoms with Crippen molar-refractivity contribution in [2.24, 2.45) is 5.92 Å². The van der Waals surface area contributed by atoms with Crippen LogP contribution in [0.15, 0.2) is 90.5 Å². The molecule has 1 heterocycles. The van der Waals surface area contributed by atoms with Crippen LogP contribution in [0.4, 0.5) is 0 Å². The predicted molar refractivity (Wildman–Crippen MR) is 126 cm³/mol. The lowest BCUT2D eigenvalue weighted by Gasteiger charge is -2.19. The number of allylic oxidation sites excluding steroid dienone is 6. The maximum absolute atomic E-state index is 6.43. The predicted octanol–water partition coefficient (Wildman–Crippen LogP) is 7.42. The highest BCUT2D eigenvalue weighted by atomic mass is 35.5. The molecule has 1 aliphatic carbocycles. The van der Waals surface area contributed by atoms with Crippen molar-refractivity contribution in [3.63, 3.8) is 0 Å². The second-order valence-corrected chi connectivity index (χ2v) is 8.20. The Bertz CT molecular complexity index is 1130. The summed E-state index contributed by atoms with van der Waals surface area (Å²) in [7, 11) is 0. The monoisotopic (exact) mass is 412 g/mol. The summed E-state index contributed by atoms with van der Waals surface area (Å²) in [6, 6.07) is 20.7. The SMILES string of the molecule is Cc1c(C2=CC(c3ccccc3)C=CC=C2C(C)C)nc(Cl)nc1-c1ccccc1. The molecule has 4 rings (SSSR count). The van der Waals surface area contributed by atoms with Crippen molar-refractivity contribution in [2.45, 2.75) is 26.7 Å². The first kappa shape index (κ1) is 20.3. The van der Waals surface area contributed by atoms with E-state index in [2.05, 4.69) is 86.5 Å². The Morgan fingerprint density at radius 2 is 1.50 bits per heavy atom. The van der Waals surface area contributed by atoms with Crippen LogP contribution in [-0.4, -0.2) is 9.97 Å². The molecular formula is C27H25ClN2. The molecule has 2 nitrogen and oxygen atoms in total. The van der Waals surface area contributed by atoms with Crippen LogP contribution in [0.3, 0.4) is 0 Å². The minimum atomic E-state index is 0.169. The minimum Gasteiger partial charge on any atom is -0.218 e. The maximum atomic E-state index is 6.43. The Labute approximate surface area is 183 Å². The normalized spacial score (nSPS) is 16.2. The van der Waals surface area contributed by atoms with Crippen LogP contribution in [0, 0.1) is 12.8 Å². The molecule has 0 spiro atoms. The van der Waals surface area contributed by atoms with Crippen molar-refractivity contribution >= 4 is 17.2 Å². The van der Waals surface area contributed by atoms with Gasteiger partial charge in [-0.25, -0.2) is 9.97 Å². The van der Waals surface area contributed by atoms with Gasteiger partial charge in [-0.15, -0.1) is 0 Å². The lowest BCUT2D eigenvalue weighted by molar-refractivity contribution is 0.795. The van der Waals surface area contributed by atoms with Crippen molar-refractivity contribution in [1.29, 1.82) is 0 Å². The zero-order valence-corrected chi connectivity index (χ0v) is 18.3. The molecule has 0 saturated heterocycles. The molecule has 3 aromatic rings. The van der Waals surface area contributed by atoms with Gasteiger partial charge in [0.1, 0.15) is 0 Å². The van der Waals surface area contributed by atoms with Gasteiger partial charge in [0, 0.05) is 22.6 Å². The summed E-state index contributed by atoms with van der Waals surface area (Å²) in [5, 5.41) is 0.270. The van der Waals surface area contributed by atoms with Gasteiger partial charge in [-0.3, -0.25) is 0 Å². The van der Waals surface area contributed by atoms with Crippen LogP contribution in [-0.2, 0) is 0 Å². The quantitative estimate of drug-likeness (QED) is 0.416. The third kappa shape index (κ3) is 4.15. The topological polar surface area (TPSA) is 25.8 Å². The third-order valence-electron chi connectivity index (χ3n) is 5.48. The fourth-order valence-electron chi connectivity index (χ4n) is 3.93. The summed E-state index contributed by atoms with van der Waals surface area (Å²) in [6.07, 6.45) is 8.91. The van der Waals surface area contributed by atoms with E-state index in [0.29, 0.717) is 5.92 Å². The molecule has 3 heteroatoms.